The van der Waals surface area contributed by atoms with Gasteiger partial charge in [-0.25, -0.2) is 0 Å². The van der Waals surface area contributed by atoms with Gasteiger partial charge in [-0.2, -0.15) is 4.68 Å². The molecule has 2 N–H and O–H groups in total. The zero-order chi connectivity index (χ0) is 25.2. The topological polar surface area (TPSA) is 94.0 Å². The second-order valence-electron chi connectivity index (χ2n) is 8.77. The summed E-state index contributed by atoms with van der Waals surface area (Å²) in [5, 5.41) is 18.3. The third-order valence-corrected chi connectivity index (χ3v) is 6.63. The first-order valence-electron chi connectivity index (χ1n) is 11.5. The molecule has 182 valence electrons. The van der Waals surface area contributed by atoms with Crippen LogP contribution in [0.25, 0.3) is 0 Å². The highest BCUT2D eigenvalue weighted by Gasteiger charge is 2.34. The van der Waals surface area contributed by atoms with E-state index in [9.17, 15) is 4.79 Å². The molecule has 0 spiro atoms. The highest BCUT2D eigenvalue weighted by atomic mass is 79.9. The number of tetrazole rings is 1. The molecule has 1 amide bonds. The summed E-state index contributed by atoms with van der Waals surface area (Å²) in [6.07, 6.45) is 0. The molecule has 9 heteroatoms. The molecule has 1 unspecified atom stereocenters. The number of carbonyl (C=O) groups is 1. The van der Waals surface area contributed by atoms with Crippen molar-refractivity contribution in [1.82, 2.24) is 20.2 Å². The summed E-state index contributed by atoms with van der Waals surface area (Å²) in [6.45, 7) is 6.32. The molecule has 0 aliphatic carbocycles. The number of benzene rings is 3. The van der Waals surface area contributed by atoms with E-state index in [0.717, 1.165) is 38.2 Å². The molecule has 0 saturated heterocycles. The molecular formula is C27H25BrN6O2. The summed E-state index contributed by atoms with van der Waals surface area (Å²) >= 11 is 3.45. The Bertz CT molecular complexity index is 1440. The average molecular weight is 545 g/mol. The smallest absolute Gasteiger partial charge is 0.255 e. The van der Waals surface area contributed by atoms with E-state index in [-0.39, 0.29) is 5.91 Å². The molecular weight excluding hydrogens is 520 g/mol. The van der Waals surface area contributed by atoms with Gasteiger partial charge in [0.1, 0.15) is 18.4 Å². The van der Waals surface area contributed by atoms with Crippen molar-refractivity contribution in [2.45, 2.75) is 33.4 Å². The van der Waals surface area contributed by atoms with Gasteiger partial charge in [-0.3, -0.25) is 4.79 Å². The van der Waals surface area contributed by atoms with Gasteiger partial charge < -0.3 is 15.4 Å². The number of hydrogen-bond acceptors (Lipinski definition) is 6. The highest BCUT2D eigenvalue weighted by Crippen LogP contribution is 2.35. The number of anilines is 2. The minimum absolute atomic E-state index is 0.214. The normalized spacial score (nSPS) is 14.7. The van der Waals surface area contributed by atoms with Crippen LogP contribution in [-0.4, -0.2) is 26.1 Å². The number of amides is 1. The molecule has 5 rings (SSSR count). The second-order valence-corrected chi connectivity index (χ2v) is 9.69. The van der Waals surface area contributed by atoms with E-state index in [4.69, 9.17) is 4.74 Å². The van der Waals surface area contributed by atoms with Crippen molar-refractivity contribution < 1.29 is 9.53 Å². The minimum Gasteiger partial charge on any atom is -0.489 e. The lowest BCUT2D eigenvalue weighted by Crippen LogP contribution is -2.31. The van der Waals surface area contributed by atoms with Crippen molar-refractivity contribution in [3.8, 4) is 5.75 Å². The zero-order valence-corrected chi connectivity index (χ0v) is 21.7. The molecule has 8 nitrogen and oxygen atoms in total. The summed E-state index contributed by atoms with van der Waals surface area (Å²) in [7, 11) is 0. The Labute approximate surface area is 217 Å². The molecule has 1 aromatic heterocycles. The Kier molecular flexibility index (Phi) is 6.56. The van der Waals surface area contributed by atoms with Crippen LogP contribution in [-0.2, 0) is 11.4 Å². The van der Waals surface area contributed by atoms with Gasteiger partial charge in [0.2, 0.25) is 5.95 Å². The molecule has 36 heavy (non-hydrogen) atoms. The number of allylic oxidation sites excluding steroid dienone is 1. The van der Waals surface area contributed by atoms with Gasteiger partial charge in [0.05, 0.1) is 5.57 Å². The van der Waals surface area contributed by atoms with Crippen molar-refractivity contribution in [1.29, 1.82) is 0 Å². The van der Waals surface area contributed by atoms with Gasteiger partial charge >= 0.3 is 0 Å². The van der Waals surface area contributed by atoms with Gasteiger partial charge in [0, 0.05) is 15.9 Å². The fourth-order valence-electron chi connectivity index (χ4n) is 4.25. The quantitative estimate of drug-likeness (QED) is 0.330. The van der Waals surface area contributed by atoms with Gasteiger partial charge in [-0.05, 0) is 78.2 Å². The van der Waals surface area contributed by atoms with Crippen LogP contribution in [0.5, 0.6) is 5.75 Å². The van der Waals surface area contributed by atoms with Crippen LogP contribution < -0.4 is 15.4 Å². The minimum atomic E-state index is -0.498. The Morgan fingerprint density at radius 1 is 1.06 bits per heavy atom. The van der Waals surface area contributed by atoms with Crippen molar-refractivity contribution >= 4 is 33.5 Å². The first-order valence-corrected chi connectivity index (χ1v) is 12.3. The predicted molar refractivity (Wildman–Crippen MR) is 142 cm³/mol. The number of hydrogen-bond donors (Lipinski definition) is 2. The van der Waals surface area contributed by atoms with Gasteiger partial charge in [-0.15, -0.1) is 0 Å². The lowest BCUT2D eigenvalue weighted by molar-refractivity contribution is -0.113. The summed E-state index contributed by atoms with van der Waals surface area (Å²) < 4.78 is 8.61. The van der Waals surface area contributed by atoms with Crippen LogP contribution in [0.2, 0.25) is 0 Å². The van der Waals surface area contributed by atoms with E-state index < -0.39 is 6.04 Å². The van der Waals surface area contributed by atoms with E-state index in [2.05, 4.69) is 42.1 Å². The molecule has 0 saturated carbocycles. The Hall–Kier alpha value is -3.98. The third-order valence-electron chi connectivity index (χ3n) is 6.10. The number of fused-ring (bicyclic) bond motifs is 1. The van der Waals surface area contributed by atoms with Crippen LogP contribution in [0.1, 0.15) is 35.2 Å². The maximum atomic E-state index is 13.6. The van der Waals surface area contributed by atoms with Gasteiger partial charge in [0.25, 0.3) is 5.91 Å². The van der Waals surface area contributed by atoms with E-state index in [1.807, 2.05) is 87.5 Å². The molecule has 0 radical (unpaired) electrons. The zero-order valence-electron chi connectivity index (χ0n) is 20.1. The lowest BCUT2D eigenvalue weighted by Gasteiger charge is -2.28. The number of carbonyl (C=O) groups excluding carboxylic acids is 1. The molecule has 1 atom stereocenters. The SMILES string of the molecule is CC1=C(C(=O)Nc2ccc(C)cc2C)C(c2ccc(OCc3ccc(Br)cc3)cc2)n2nnnc2N1. The molecule has 4 aromatic rings. The molecule has 3 aromatic carbocycles. The number of ether oxygens (including phenoxy) is 1. The Morgan fingerprint density at radius 3 is 2.53 bits per heavy atom. The second kappa shape index (κ2) is 9.94. The summed E-state index contributed by atoms with van der Waals surface area (Å²) in [4.78, 5) is 13.6. The van der Waals surface area contributed by atoms with Crippen LogP contribution in [0, 0.1) is 13.8 Å². The Morgan fingerprint density at radius 2 is 1.81 bits per heavy atom. The van der Waals surface area contributed by atoms with E-state index in [1.165, 1.54) is 0 Å². The standard InChI is InChI=1S/C27H25BrN6O2/c1-16-4-13-23(17(2)14-16)30-26(35)24-18(3)29-27-31-32-33-34(27)25(24)20-7-11-22(12-8-20)36-15-19-5-9-21(28)10-6-19/h4-14,25H,15H2,1-3H3,(H,30,35)(H,29,31,33). The number of halogens is 1. The van der Waals surface area contributed by atoms with E-state index >= 15 is 0 Å². The molecule has 1 aliphatic heterocycles. The predicted octanol–water partition coefficient (Wildman–Crippen LogP) is 5.56. The third kappa shape index (κ3) is 4.87. The molecule has 2 heterocycles. The molecule has 0 fully saturated rings. The lowest BCUT2D eigenvalue weighted by atomic mass is 9.94. The van der Waals surface area contributed by atoms with E-state index in [1.54, 1.807) is 4.68 Å². The number of rotatable bonds is 6. The fraction of sp³-hybridized carbons (Fsp3) is 0.185. The number of nitrogens with one attached hydrogen (secondary N) is 2. The van der Waals surface area contributed by atoms with E-state index in [0.29, 0.717) is 23.8 Å². The van der Waals surface area contributed by atoms with Gasteiger partial charge in [0.15, 0.2) is 0 Å². The fourth-order valence-corrected chi connectivity index (χ4v) is 4.52. The monoisotopic (exact) mass is 544 g/mol. The van der Waals surface area contributed by atoms with Crippen LogP contribution in [0.15, 0.2) is 82.5 Å². The maximum absolute atomic E-state index is 13.6. The van der Waals surface area contributed by atoms with Crippen molar-refractivity contribution in [2.75, 3.05) is 10.6 Å². The largest absolute Gasteiger partial charge is 0.489 e. The number of aryl methyl sites for hydroxylation is 2. The first kappa shape index (κ1) is 23.7. The van der Waals surface area contributed by atoms with Crippen LogP contribution >= 0.6 is 15.9 Å². The average Bonchev–Trinajstić information content (AvgIpc) is 3.33. The Balaban J connectivity index is 1.41. The first-order chi connectivity index (χ1) is 17.4. The maximum Gasteiger partial charge on any atom is 0.255 e. The van der Waals surface area contributed by atoms with Crippen LogP contribution in [0.3, 0.4) is 0 Å². The summed E-state index contributed by atoms with van der Waals surface area (Å²) in [5.41, 5.74) is 6.08. The summed E-state index contributed by atoms with van der Waals surface area (Å²) in [6, 6.07) is 21.1. The van der Waals surface area contributed by atoms with Crippen LogP contribution in [0.4, 0.5) is 11.6 Å². The van der Waals surface area contributed by atoms with Gasteiger partial charge in [-0.1, -0.05) is 63.0 Å². The van der Waals surface area contributed by atoms with Crippen molar-refractivity contribution in [3.63, 3.8) is 0 Å². The highest BCUT2D eigenvalue weighted by molar-refractivity contribution is 9.10. The molecule has 1 aliphatic rings. The number of aromatic nitrogens is 4. The van der Waals surface area contributed by atoms with Crippen molar-refractivity contribution in [2.24, 2.45) is 0 Å². The number of nitrogens with zero attached hydrogens (tertiary/aromatic N) is 4. The summed E-state index contributed by atoms with van der Waals surface area (Å²) in [5.74, 6) is 0.999. The molecule has 0 bridgehead atoms. The van der Waals surface area contributed by atoms with Crippen molar-refractivity contribution in [3.05, 3.63) is 105 Å².